The van der Waals surface area contributed by atoms with Crippen LogP contribution in [0.25, 0.3) is 11.0 Å². The van der Waals surface area contributed by atoms with Crippen LogP contribution in [0.4, 0.5) is 0 Å². The Morgan fingerprint density at radius 1 is 1.17 bits per heavy atom. The average Bonchev–Trinajstić information content (AvgIpc) is 3.39. The topological polar surface area (TPSA) is 83.5 Å². The standard InChI is InChI=1S/C20H22N4O3S3/c1-13-5-6-14-15(12-28-17(14)11-13)20(25)23-7-9-24(10-8-23)30(26,27)18-4-2-3-16-19(18)22-29-21-16/h2-4,12-13H,5-11H2,1H3. The number of hydrogen-bond acceptors (Lipinski definition) is 7. The molecule has 1 aliphatic carbocycles. The molecule has 1 atom stereocenters. The monoisotopic (exact) mass is 462 g/mol. The summed E-state index contributed by atoms with van der Waals surface area (Å²) in [5.41, 5.74) is 3.03. The molecule has 0 radical (unpaired) electrons. The number of rotatable bonds is 3. The molecule has 158 valence electrons. The number of carbonyl (C=O) groups is 1. The average molecular weight is 463 g/mol. The minimum absolute atomic E-state index is 0.0323. The lowest BCUT2D eigenvalue weighted by Gasteiger charge is -2.34. The summed E-state index contributed by atoms with van der Waals surface area (Å²) in [5, 5.41) is 1.99. The van der Waals surface area contributed by atoms with E-state index in [0.717, 1.165) is 36.6 Å². The first-order valence-corrected chi connectivity index (χ1v) is 13.1. The van der Waals surface area contributed by atoms with Crippen LogP contribution in [-0.4, -0.2) is 58.5 Å². The Kier molecular flexibility index (Phi) is 5.12. The lowest BCUT2D eigenvalue weighted by molar-refractivity contribution is 0.0697. The first-order chi connectivity index (χ1) is 14.4. The van der Waals surface area contributed by atoms with E-state index in [-0.39, 0.29) is 23.9 Å². The maximum Gasteiger partial charge on any atom is 0.255 e. The van der Waals surface area contributed by atoms with Crippen molar-refractivity contribution in [1.29, 1.82) is 0 Å². The smallest absolute Gasteiger partial charge is 0.255 e. The third-order valence-corrected chi connectivity index (χ3v) is 9.55. The number of sulfonamides is 1. The van der Waals surface area contributed by atoms with Crippen LogP contribution in [0, 0.1) is 5.92 Å². The largest absolute Gasteiger partial charge is 0.336 e. The van der Waals surface area contributed by atoms with Gasteiger partial charge >= 0.3 is 0 Å². The van der Waals surface area contributed by atoms with Gasteiger partial charge in [-0.25, -0.2) is 8.42 Å². The molecule has 1 aliphatic heterocycles. The van der Waals surface area contributed by atoms with E-state index < -0.39 is 10.0 Å². The number of thiophene rings is 1. The Hall–Kier alpha value is -1.88. The van der Waals surface area contributed by atoms with Crippen molar-refractivity contribution < 1.29 is 13.2 Å². The molecule has 1 amide bonds. The molecule has 1 saturated heterocycles. The molecular weight excluding hydrogens is 440 g/mol. The highest BCUT2D eigenvalue weighted by Crippen LogP contribution is 2.34. The molecule has 7 nitrogen and oxygen atoms in total. The second-order valence-electron chi connectivity index (χ2n) is 7.98. The summed E-state index contributed by atoms with van der Waals surface area (Å²) in [5.74, 6) is 0.704. The second kappa shape index (κ2) is 7.67. The van der Waals surface area contributed by atoms with Crippen molar-refractivity contribution in [1.82, 2.24) is 18.0 Å². The molecule has 2 aromatic heterocycles. The molecule has 1 unspecified atom stereocenters. The van der Waals surface area contributed by atoms with Gasteiger partial charge in [0.1, 0.15) is 15.9 Å². The van der Waals surface area contributed by atoms with Gasteiger partial charge < -0.3 is 4.90 Å². The van der Waals surface area contributed by atoms with Crippen molar-refractivity contribution in [2.75, 3.05) is 26.2 Å². The van der Waals surface area contributed by atoms with E-state index in [1.807, 2.05) is 5.38 Å². The highest BCUT2D eigenvalue weighted by molar-refractivity contribution is 7.89. The lowest BCUT2D eigenvalue weighted by Crippen LogP contribution is -2.50. The molecule has 10 heteroatoms. The minimum atomic E-state index is -3.68. The van der Waals surface area contributed by atoms with Crippen LogP contribution in [0.15, 0.2) is 28.5 Å². The molecule has 0 spiro atoms. The van der Waals surface area contributed by atoms with Crippen molar-refractivity contribution in [3.05, 3.63) is 39.6 Å². The Bertz CT molecular complexity index is 1210. The van der Waals surface area contributed by atoms with Gasteiger partial charge in [0.2, 0.25) is 10.0 Å². The first-order valence-electron chi connectivity index (χ1n) is 10.0. The van der Waals surface area contributed by atoms with Gasteiger partial charge in [-0.2, -0.15) is 13.1 Å². The van der Waals surface area contributed by atoms with Crippen LogP contribution in [0.5, 0.6) is 0 Å². The zero-order valence-electron chi connectivity index (χ0n) is 16.6. The number of amides is 1. The number of benzene rings is 1. The summed E-state index contributed by atoms with van der Waals surface area (Å²) in [6, 6.07) is 5.03. The predicted molar refractivity (Wildman–Crippen MR) is 118 cm³/mol. The van der Waals surface area contributed by atoms with Gasteiger partial charge in [0.05, 0.1) is 17.3 Å². The molecule has 30 heavy (non-hydrogen) atoms. The van der Waals surface area contributed by atoms with Crippen LogP contribution in [0.1, 0.15) is 34.1 Å². The van der Waals surface area contributed by atoms with Crippen LogP contribution in [0.3, 0.4) is 0 Å². The number of nitrogens with zero attached hydrogens (tertiary/aromatic N) is 4. The van der Waals surface area contributed by atoms with Crippen molar-refractivity contribution in [3.63, 3.8) is 0 Å². The van der Waals surface area contributed by atoms with Crippen molar-refractivity contribution in [2.45, 2.75) is 31.1 Å². The number of aromatic nitrogens is 2. The molecule has 3 heterocycles. The SMILES string of the molecule is CC1CCc2c(C(=O)N3CCN(S(=O)(=O)c4cccc5nsnc45)CC3)csc2C1. The van der Waals surface area contributed by atoms with E-state index in [2.05, 4.69) is 15.7 Å². The summed E-state index contributed by atoms with van der Waals surface area (Å²) in [4.78, 5) is 16.4. The Morgan fingerprint density at radius 3 is 2.77 bits per heavy atom. The molecule has 0 saturated carbocycles. The predicted octanol–water partition coefficient (Wildman–Crippen LogP) is 3.02. The molecule has 1 aromatic carbocycles. The molecule has 2 aliphatic rings. The van der Waals surface area contributed by atoms with E-state index in [4.69, 9.17) is 0 Å². The summed E-state index contributed by atoms with van der Waals surface area (Å²) < 4.78 is 36.1. The summed E-state index contributed by atoms with van der Waals surface area (Å²) >= 11 is 2.70. The lowest BCUT2D eigenvalue weighted by atomic mass is 9.88. The maximum atomic E-state index is 13.2. The minimum Gasteiger partial charge on any atom is -0.336 e. The van der Waals surface area contributed by atoms with Gasteiger partial charge in [-0.05, 0) is 42.9 Å². The van der Waals surface area contributed by atoms with Gasteiger partial charge in [-0.15, -0.1) is 11.3 Å². The van der Waals surface area contributed by atoms with E-state index in [0.29, 0.717) is 30.0 Å². The van der Waals surface area contributed by atoms with E-state index in [1.54, 1.807) is 34.4 Å². The van der Waals surface area contributed by atoms with Crippen molar-refractivity contribution in [3.8, 4) is 0 Å². The Labute approximate surface area is 183 Å². The number of carbonyl (C=O) groups excluding carboxylic acids is 1. The fourth-order valence-corrected chi connectivity index (χ4v) is 7.70. The number of fused-ring (bicyclic) bond motifs is 2. The molecular formula is C20H22N4O3S3. The van der Waals surface area contributed by atoms with Crippen LogP contribution in [-0.2, 0) is 22.9 Å². The van der Waals surface area contributed by atoms with Crippen molar-refractivity contribution in [2.24, 2.45) is 5.92 Å². The highest BCUT2D eigenvalue weighted by atomic mass is 32.2. The van der Waals surface area contributed by atoms with Crippen LogP contribution < -0.4 is 0 Å². The number of piperazine rings is 1. The van der Waals surface area contributed by atoms with Gasteiger partial charge in [0.15, 0.2) is 0 Å². The zero-order chi connectivity index (χ0) is 20.9. The van der Waals surface area contributed by atoms with E-state index in [1.165, 1.54) is 14.7 Å². The normalized spacial score (nSPS) is 20.4. The maximum absolute atomic E-state index is 13.2. The first kappa shape index (κ1) is 20.0. The fourth-order valence-electron chi connectivity index (χ4n) is 4.29. The molecule has 3 aromatic rings. The quantitative estimate of drug-likeness (QED) is 0.597. The third-order valence-electron chi connectivity index (χ3n) is 6.02. The summed E-state index contributed by atoms with van der Waals surface area (Å²) in [6.45, 7) is 3.61. The van der Waals surface area contributed by atoms with E-state index in [9.17, 15) is 13.2 Å². The second-order valence-corrected chi connectivity index (χ2v) is 11.4. The Morgan fingerprint density at radius 2 is 1.97 bits per heavy atom. The van der Waals surface area contributed by atoms with Crippen LogP contribution >= 0.6 is 23.1 Å². The summed E-state index contributed by atoms with van der Waals surface area (Å²) in [7, 11) is -3.68. The molecule has 0 N–H and O–H groups in total. The zero-order valence-corrected chi connectivity index (χ0v) is 19.0. The molecule has 0 bridgehead atoms. The Balaban J connectivity index is 1.32. The third kappa shape index (κ3) is 3.35. The van der Waals surface area contributed by atoms with Gasteiger partial charge in [0.25, 0.3) is 5.91 Å². The summed E-state index contributed by atoms with van der Waals surface area (Å²) in [6.07, 6.45) is 3.13. The van der Waals surface area contributed by atoms with Gasteiger partial charge in [-0.3, -0.25) is 4.79 Å². The highest BCUT2D eigenvalue weighted by Gasteiger charge is 2.33. The van der Waals surface area contributed by atoms with Gasteiger partial charge in [-0.1, -0.05) is 13.0 Å². The number of hydrogen-bond donors (Lipinski definition) is 0. The van der Waals surface area contributed by atoms with E-state index >= 15 is 0 Å². The molecule has 5 rings (SSSR count). The fraction of sp³-hybridized carbons (Fsp3) is 0.450. The van der Waals surface area contributed by atoms with Gasteiger partial charge in [0, 0.05) is 36.4 Å². The van der Waals surface area contributed by atoms with Crippen LogP contribution in [0.2, 0.25) is 0 Å². The van der Waals surface area contributed by atoms with Crippen molar-refractivity contribution >= 4 is 50.0 Å². The molecule has 1 fully saturated rings.